The Morgan fingerprint density at radius 2 is 1.92 bits per heavy atom. The Morgan fingerprint density at radius 3 is 2.62 bits per heavy atom. The van der Waals surface area contributed by atoms with Crippen LogP contribution in [0.2, 0.25) is 0 Å². The third kappa shape index (κ3) is 4.40. The second kappa shape index (κ2) is 10.0. The number of likely N-dealkylation sites (N-methyl/N-ethyl adjacent to an activating group) is 1. The summed E-state index contributed by atoms with van der Waals surface area (Å²) in [5, 5.41) is 3.14. The second-order valence-electron chi connectivity index (χ2n) is 10.8. The van der Waals surface area contributed by atoms with Crippen LogP contribution in [0.5, 0.6) is 0 Å². The number of ether oxygens (including phenoxy) is 1. The first-order valence-electron chi connectivity index (χ1n) is 13.2. The molecule has 4 aliphatic rings. The minimum Gasteiger partial charge on any atom is -0.366 e. The highest BCUT2D eigenvalue weighted by atomic mass is 32.1. The van der Waals surface area contributed by atoms with Crippen LogP contribution < -0.4 is 10.2 Å². The van der Waals surface area contributed by atoms with Crippen LogP contribution in [0.15, 0.2) is 24.3 Å². The number of piperidine rings is 1. The number of hydrogen-bond donors (Lipinski definition) is 1. The van der Waals surface area contributed by atoms with Crippen molar-refractivity contribution in [2.45, 2.75) is 37.6 Å². The summed E-state index contributed by atoms with van der Waals surface area (Å²) >= 11 is 1.03. The predicted molar refractivity (Wildman–Crippen MR) is 144 cm³/mol. The maximum atomic E-state index is 14.8. The lowest BCUT2D eigenvalue weighted by atomic mass is 9.82. The molecule has 0 saturated carbocycles. The number of aromatic nitrogens is 1. The number of halogens is 1. The van der Waals surface area contributed by atoms with E-state index in [1.807, 2.05) is 6.92 Å². The number of amides is 2. The molecular formula is C28H30FN5O4S. The SMILES string of the molecule is C#C[C@@H]1C2C(C)C[C@H](NC(=O)c3ccc(-c4nc(N5CCN(C)CC5)sc4F)cc3)C(=O)N2[C@@H]2C(=O)CO[C@H]12. The van der Waals surface area contributed by atoms with E-state index < -0.39 is 24.1 Å². The summed E-state index contributed by atoms with van der Waals surface area (Å²) < 4.78 is 20.5. The Hall–Kier alpha value is -3.33. The number of fused-ring (bicyclic) bond motifs is 3. The molecule has 1 N–H and O–H groups in total. The van der Waals surface area contributed by atoms with Gasteiger partial charge in [-0.15, -0.1) is 6.42 Å². The first kappa shape index (κ1) is 25.9. The standard InChI is InChI=1S/C28H30FN5O4S/c1-4-18-22-15(2)13-19(27(37)34(22)23-20(35)14-38-24(18)23)30-26(36)17-7-5-16(6-8-17)21-25(29)39-28(31-21)33-11-9-32(3)10-12-33/h1,5-8,15,18-19,22-24H,9-14H2,2-3H3,(H,30,36)/t15?,18-,19+,22?,23-,24-/m1/s1. The zero-order valence-electron chi connectivity index (χ0n) is 21.8. The third-order valence-electron chi connectivity index (χ3n) is 8.41. The van der Waals surface area contributed by atoms with Gasteiger partial charge in [0.05, 0.1) is 12.0 Å². The summed E-state index contributed by atoms with van der Waals surface area (Å²) in [5.41, 5.74) is 1.18. The molecule has 204 valence electrons. The number of ketones is 1. The van der Waals surface area contributed by atoms with Crippen molar-refractivity contribution in [2.75, 3.05) is 44.7 Å². The molecule has 0 aliphatic carbocycles. The number of carbonyl (C=O) groups excluding carboxylic acids is 3. The van der Waals surface area contributed by atoms with E-state index in [0.29, 0.717) is 22.7 Å². The summed E-state index contributed by atoms with van der Waals surface area (Å²) in [7, 11) is 2.06. The van der Waals surface area contributed by atoms with Crippen molar-refractivity contribution in [1.82, 2.24) is 20.1 Å². The fourth-order valence-corrected chi connectivity index (χ4v) is 7.21. The Kier molecular flexibility index (Phi) is 6.65. The highest BCUT2D eigenvalue weighted by Gasteiger charge is 2.61. The zero-order chi connectivity index (χ0) is 27.4. The van der Waals surface area contributed by atoms with Crippen LogP contribution >= 0.6 is 11.3 Å². The average Bonchev–Trinajstić information content (AvgIpc) is 3.60. The van der Waals surface area contributed by atoms with E-state index in [4.69, 9.17) is 11.2 Å². The van der Waals surface area contributed by atoms with Crippen LogP contribution in [0.4, 0.5) is 9.52 Å². The molecule has 1 aromatic carbocycles. The second-order valence-corrected chi connectivity index (χ2v) is 11.8. The highest BCUT2D eigenvalue weighted by molar-refractivity contribution is 7.14. The lowest BCUT2D eigenvalue weighted by Crippen LogP contribution is -2.60. The lowest BCUT2D eigenvalue weighted by Gasteiger charge is -2.41. The van der Waals surface area contributed by atoms with E-state index in [0.717, 1.165) is 37.5 Å². The van der Waals surface area contributed by atoms with E-state index >= 15 is 0 Å². The van der Waals surface area contributed by atoms with Gasteiger partial charge in [-0.05, 0) is 31.5 Å². The van der Waals surface area contributed by atoms with E-state index in [-0.39, 0.29) is 47.0 Å². The molecule has 2 amide bonds. The number of nitrogens with zero attached hydrogens (tertiary/aromatic N) is 4. The summed E-state index contributed by atoms with van der Waals surface area (Å²) in [4.78, 5) is 49.6. The first-order valence-corrected chi connectivity index (χ1v) is 14.0. The molecule has 4 aliphatic heterocycles. The topological polar surface area (TPSA) is 95.1 Å². The van der Waals surface area contributed by atoms with Gasteiger partial charge in [0, 0.05) is 37.3 Å². The van der Waals surface area contributed by atoms with Crippen molar-refractivity contribution < 1.29 is 23.5 Å². The third-order valence-corrected chi connectivity index (χ3v) is 9.32. The van der Waals surface area contributed by atoms with Crippen molar-refractivity contribution in [3.8, 4) is 23.6 Å². The van der Waals surface area contributed by atoms with Gasteiger partial charge in [0.2, 0.25) is 11.0 Å². The predicted octanol–water partition coefficient (Wildman–Crippen LogP) is 1.64. The van der Waals surface area contributed by atoms with Gasteiger partial charge in [0.1, 0.15) is 30.5 Å². The number of Topliss-reactive ketones (excluding diaryl/α,β-unsaturated/α-hetero) is 1. The van der Waals surface area contributed by atoms with Crippen LogP contribution in [0.3, 0.4) is 0 Å². The van der Waals surface area contributed by atoms with Crippen LogP contribution in [-0.2, 0) is 14.3 Å². The molecule has 5 heterocycles. The van der Waals surface area contributed by atoms with E-state index in [9.17, 15) is 18.8 Å². The Bertz CT molecular complexity index is 1350. The van der Waals surface area contributed by atoms with E-state index in [2.05, 4.69) is 33.1 Å². The number of rotatable bonds is 4. The van der Waals surface area contributed by atoms with Crippen molar-refractivity contribution in [3.63, 3.8) is 0 Å². The molecule has 2 aromatic rings. The molecule has 11 heteroatoms. The quantitative estimate of drug-likeness (QED) is 0.578. The number of hydrogen-bond acceptors (Lipinski definition) is 8. The summed E-state index contributed by atoms with van der Waals surface area (Å²) in [6.07, 6.45) is 5.68. The van der Waals surface area contributed by atoms with Crippen LogP contribution in [0.1, 0.15) is 23.7 Å². The number of thiazole rings is 1. The smallest absolute Gasteiger partial charge is 0.251 e. The number of benzene rings is 1. The largest absolute Gasteiger partial charge is 0.366 e. The minimum atomic E-state index is -0.781. The molecule has 39 heavy (non-hydrogen) atoms. The maximum Gasteiger partial charge on any atom is 0.251 e. The minimum absolute atomic E-state index is 0.0273. The molecule has 0 radical (unpaired) electrons. The fraction of sp³-hybridized carbons (Fsp3) is 0.500. The molecule has 0 bridgehead atoms. The van der Waals surface area contributed by atoms with Crippen LogP contribution in [0, 0.1) is 29.3 Å². The molecule has 0 spiro atoms. The van der Waals surface area contributed by atoms with Gasteiger partial charge in [-0.1, -0.05) is 36.3 Å². The highest BCUT2D eigenvalue weighted by Crippen LogP contribution is 2.43. The molecule has 2 unspecified atom stereocenters. The fourth-order valence-electron chi connectivity index (χ4n) is 6.35. The number of nitrogens with one attached hydrogen (secondary N) is 1. The van der Waals surface area contributed by atoms with Gasteiger partial charge in [-0.3, -0.25) is 14.4 Å². The molecule has 4 fully saturated rings. The monoisotopic (exact) mass is 551 g/mol. The van der Waals surface area contributed by atoms with Gasteiger partial charge >= 0.3 is 0 Å². The maximum absolute atomic E-state index is 14.8. The summed E-state index contributed by atoms with van der Waals surface area (Å²) in [6.45, 7) is 5.31. The average molecular weight is 552 g/mol. The van der Waals surface area contributed by atoms with Crippen LogP contribution in [-0.4, -0.2) is 96.4 Å². The molecular weight excluding hydrogens is 521 g/mol. The van der Waals surface area contributed by atoms with Crippen molar-refractivity contribution >= 4 is 34.1 Å². The van der Waals surface area contributed by atoms with Gasteiger partial charge in [0.15, 0.2) is 10.9 Å². The van der Waals surface area contributed by atoms with E-state index in [1.165, 1.54) is 0 Å². The Morgan fingerprint density at radius 1 is 1.21 bits per heavy atom. The number of anilines is 1. The number of carbonyl (C=O) groups is 3. The number of piperazine rings is 1. The zero-order valence-corrected chi connectivity index (χ0v) is 22.6. The van der Waals surface area contributed by atoms with Crippen molar-refractivity contribution in [1.29, 1.82) is 0 Å². The molecule has 4 saturated heterocycles. The summed E-state index contributed by atoms with van der Waals surface area (Å²) in [5.74, 6) is 1.47. The van der Waals surface area contributed by atoms with Crippen molar-refractivity contribution in [2.24, 2.45) is 11.8 Å². The van der Waals surface area contributed by atoms with Gasteiger partial charge in [-0.2, -0.15) is 4.39 Å². The molecule has 6 rings (SSSR count). The Labute approximate surface area is 230 Å². The van der Waals surface area contributed by atoms with Gasteiger partial charge in [-0.25, -0.2) is 4.98 Å². The van der Waals surface area contributed by atoms with Crippen molar-refractivity contribution in [3.05, 3.63) is 35.0 Å². The first-order chi connectivity index (χ1) is 18.8. The molecule has 9 nitrogen and oxygen atoms in total. The Balaban J connectivity index is 1.15. The van der Waals surface area contributed by atoms with Gasteiger partial charge in [0.25, 0.3) is 5.91 Å². The normalized spacial score (nSPS) is 30.7. The van der Waals surface area contributed by atoms with Gasteiger partial charge < -0.3 is 24.8 Å². The van der Waals surface area contributed by atoms with Crippen LogP contribution in [0.25, 0.3) is 11.3 Å². The number of terminal acetylenes is 1. The summed E-state index contributed by atoms with van der Waals surface area (Å²) in [6, 6.07) is 4.77. The molecule has 6 atom stereocenters. The molecule has 1 aromatic heterocycles. The lowest BCUT2D eigenvalue weighted by molar-refractivity contribution is -0.145. The van der Waals surface area contributed by atoms with E-state index in [1.54, 1.807) is 29.2 Å².